The second-order valence-corrected chi connectivity index (χ2v) is 2.19. The van der Waals surface area contributed by atoms with Gasteiger partial charge in [-0.1, -0.05) is 0 Å². The summed E-state index contributed by atoms with van der Waals surface area (Å²) >= 11 is 0. The first-order valence-electron chi connectivity index (χ1n) is 2.45. The molecule has 0 unspecified atom stereocenters. The fourth-order valence-corrected chi connectivity index (χ4v) is 0.368. The maximum absolute atomic E-state index is 9.97. The summed E-state index contributed by atoms with van der Waals surface area (Å²) in [6.07, 6.45) is 0.109. The van der Waals surface area contributed by atoms with Gasteiger partial charge in [-0.2, -0.15) is 0 Å². The molecule has 4 heteroatoms. The molecule has 0 aromatic rings. The third-order valence-corrected chi connectivity index (χ3v) is 0.801. The van der Waals surface area contributed by atoms with Gasteiger partial charge in [-0.15, -0.1) is 0 Å². The van der Waals surface area contributed by atoms with Crippen molar-refractivity contribution in [3.8, 4) is 0 Å². The molecule has 0 rings (SSSR count). The van der Waals surface area contributed by atoms with Crippen LogP contribution in [-0.2, 0) is 9.59 Å². The Kier molecular flexibility index (Phi) is 2.33. The zero-order chi connectivity index (χ0) is 7.49. The summed E-state index contributed by atoms with van der Waals surface area (Å²) in [6, 6.07) is 0. The molecule has 0 fully saturated rings. The Balaban J connectivity index is 3.86. The van der Waals surface area contributed by atoms with Gasteiger partial charge in [0, 0.05) is 0 Å². The lowest BCUT2D eigenvalue weighted by Crippen LogP contribution is -2.40. The van der Waals surface area contributed by atoms with Crippen molar-refractivity contribution in [1.29, 1.82) is 0 Å². The largest absolute Gasteiger partial charge is 0.481 e. The first kappa shape index (κ1) is 8.10. The number of aldehydes is 1. The van der Waals surface area contributed by atoms with Crippen LogP contribution in [-0.4, -0.2) is 22.9 Å². The fraction of sp³-hybridized carbons (Fsp3) is 0.600. The maximum atomic E-state index is 9.97. The molecule has 0 aliphatic carbocycles. The molecule has 3 N–H and O–H groups in total. The van der Waals surface area contributed by atoms with Gasteiger partial charge >= 0.3 is 5.97 Å². The van der Waals surface area contributed by atoms with E-state index in [0.717, 1.165) is 0 Å². The third kappa shape index (κ3) is 3.66. The second-order valence-electron chi connectivity index (χ2n) is 2.19. The summed E-state index contributed by atoms with van der Waals surface area (Å²) in [7, 11) is 0. The van der Waals surface area contributed by atoms with Gasteiger partial charge in [-0.25, -0.2) is 0 Å². The lowest BCUT2D eigenvalue weighted by Gasteiger charge is -2.11. The zero-order valence-electron chi connectivity index (χ0n) is 5.13. The van der Waals surface area contributed by atoms with Gasteiger partial charge in [0.1, 0.15) is 6.29 Å². The number of rotatable bonds is 3. The Morgan fingerprint density at radius 2 is 2.33 bits per heavy atom. The summed E-state index contributed by atoms with van der Waals surface area (Å²) in [5.41, 5.74) is 3.95. The van der Waals surface area contributed by atoms with Gasteiger partial charge < -0.3 is 15.6 Å². The summed E-state index contributed by atoms with van der Waals surface area (Å²) in [6.45, 7) is 1.37. The van der Waals surface area contributed by atoms with Crippen molar-refractivity contribution in [2.45, 2.75) is 18.9 Å². The highest BCUT2D eigenvalue weighted by Gasteiger charge is 2.20. The van der Waals surface area contributed by atoms with Crippen LogP contribution < -0.4 is 5.73 Å². The van der Waals surface area contributed by atoms with Crippen LogP contribution in [0.4, 0.5) is 0 Å². The van der Waals surface area contributed by atoms with E-state index in [1.54, 1.807) is 0 Å². The van der Waals surface area contributed by atoms with Gasteiger partial charge in [-0.3, -0.25) is 4.79 Å². The molecule has 0 bridgehead atoms. The van der Waals surface area contributed by atoms with E-state index >= 15 is 0 Å². The van der Waals surface area contributed by atoms with Gasteiger partial charge in [-0.05, 0) is 6.92 Å². The highest BCUT2D eigenvalue weighted by atomic mass is 16.4. The topological polar surface area (TPSA) is 80.4 Å². The summed E-state index contributed by atoms with van der Waals surface area (Å²) < 4.78 is 0. The Bertz CT molecular complexity index is 130. The number of hydrogen-bond donors (Lipinski definition) is 2. The minimum absolute atomic E-state index is 0.323. The standard InChI is InChI=1S/C5H9NO3/c1-5(6,3-7)2-4(8)9/h3H,2,6H2,1H3,(H,8,9)/t5-/m0/s1. The first-order valence-corrected chi connectivity index (χ1v) is 2.45. The molecule has 0 aromatic carbocycles. The monoisotopic (exact) mass is 131 g/mol. The molecule has 0 aromatic heterocycles. The molecule has 0 saturated carbocycles. The van der Waals surface area contributed by atoms with Crippen molar-refractivity contribution in [3.05, 3.63) is 0 Å². The molecule has 0 heterocycles. The van der Waals surface area contributed by atoms with Crippen LogP contribution in [0.1, 0.15) is 13.3 Å². The highest BCUT2D eigenvalue weighted by molar-refractivity contribution is 5.76. The smallest absolute Gasteiger partial charge is 0.305 e. The molecule has 1 atom stereocenters. The highest BCUT2D eigenvalue weighted by Crippen LogP contribution is 1.99. The maximum Gasteiger partial charge on any atom is 0.305 e. The molecule has 0 aliphatic heterocycles. The summed E-state index contributed by atoms with van der Waals surface area (Å²) in [5.74, 6) is -1.06. The Morgan fingerprint density at radius 1 is 1.89 bits per heavy atom. The summed E-state index contributed by atoms with van der Waals surface area (Å²) in [4.78, 5) is 19.9. The zero-order valence-corrected chi connectivity index (χ0v) is 5.13. The first-order chi connectivity index (χ1) is 3.98. The van der Waals surface area contributed by atoms with Crippen LogP contribution in [0.5, 0.6) is 0 Å². The van der Waals surface area contributed by atoms with E-state index in [9.17, 15) is 9.59 Å². The van der Waals surface area contributed by atoms with Crippen LogP contribution in [0.2, 0.25) is 0 Å². The number of carbonyl (C=O) groups is 2. The van der Waals surface area contributed by atoms with E-state index in [0.29, 0.717) is 6.29 Å². The van der Waals surface area contributed by atoms with Crippen molar-refractivity contribution >= 4 is 12.3 Å². The molecule has 0 spiro atoms. The van der Waals surface area contributed by atoms with E-state index in [-0.39, 0.29) is 6.42 Å². The SMILES string of the molecule is C[C@@](N)(C=O)CC(=O)O. The fourth-order valence-electron chi connectivity index (χ4n) is 0.368. The van der Waals surface area contributed by atoms with Crippen molar-refractivity contribution in [2.24, 2.45) is 5.73 Å². The van der Waals surface area contributed by atoms with E-state index in [1.165, 1.54) is 6.92 Å². The molecular formula is C5H9NO3. The molecule has 9 heavy (non-hydrogen) atoms. The molecule has 52 valence electrons. The van der Waals surface area contributed by atoms with Crippen molar-refractivity contribution in [3.63, 3.8) is 0 Å². The lowest BCUT2D eigenvalue weighted by atomic mass is 10.0. The molecule has 4 nitrogen and oxygen atoms in total. The van der Waals surface area contributed by atoms with Crippen molar-refractivity contribution in [1.82, 2.24) is 0 Å². The van der Waals surface area contributed by atoms with Gasteiger partial charge in [0.05, 0.1) is 12.0 Å². The van der Waals surface area contributed by atoms with Crippen LogP contribution in [0, 0.1) is 0 Å². The third-order valence-electron chi connectivity index (χ3n) is 0.801. The molecule has 0 aliphatic rings. The van der Waals surface area contributed by atoms with Crippen LogP contribution >= 0.6 is 0 Å². The predicted molar refractivity (Wildman–Crippen MR) is 30.9 cm³/mol. The van der Waals surface area contributed by atoms with Crippen molar-refractivity contribution in [2.75, 3.05) is 0 Å². The second kappa shape index (κ2) is 2.59. The van der Waals surface area contributed by atoms with Crippen LogP contribution in [0.3, 0.4) is 0 Å². The number of carbonyl (C=O) groups excluding carboxylic acids is 1. The van der Waals surface area contributed by atoms with Crippen LogP contribution in [0.15, 0.2) is 0 Å². The molecule has 0 saturated heterocycles. The van der Waals surface area contributed by atoms with E-state index in [4.69, 9.17) is 10.8 Å². The lowest BCUT2D eigenvalue weighted by molar-refractivity contribution is -0.139. The normalized spacial score (nSPS) is 16.2. The number of carboxylic acids is 1. The minimum atomic E-state index is -1.22. The Hall–Kier alpha value is -0.900. The predicted octanol–water partition coefficient (Wildman–Crippen LogP) is -0.623. The molecule has 0 radical (unpaired) electrons. The number of nitrogens with two attached hydrogens (primary N) is 1. The average Bonchev–Trinajstić information content (AvgIpc) is 1.63. The quantitative estimate of drug-likeness (QED) is 0.500. The minimum Gasteiger partial charge on any atom is -0.481 e. The van der Waals surface area contributed by atoms with Gasteiger partial charge in [0.25, 0.3) is 0 Å². The number of hydrogen-bond acceptors (Lipinski definition) is 3. The van der Waals surface area contributed by atoms with Gasteiger partial charge in [0.2, 0.25) is 0 Å². The number of carboxylic acid groups (broad SMARTS) is 1. The van der Waals surface area contributed by atoms with E-state index in [2.05, 4.69) is 0 Å². The Morgan fingerprint density at radius 3 is 2.44 bits per heavy atom. The Labute approximate surface area is 52.7 Å². The van der Waals surface area contributed by atoms with E-state index in [1.807, 2.05) is 0 Å². The molecule has 0 amide bonds. The number of aliphatic carboxylic acids is 1. The summed E-state index contributed by atoms with van der Waals surface area (Å²) in [5, 5.41) is 8.14. The van der Waals surface area contributed by atoms with Crippen molar-refractivity contribution < 1.29 is 14.7 Å². The molecular weight excluding hydrogens is 122 g/mol. The van der Waals surface area contributed by atoms with Gasteiger partial charge in [0.15, 0.2) is 0 Å². The average molecular weight is 131 g/mol. The van der Waals surface area contributed by atoms with Crippen LogP contribution in [0.25, 0.3) is 0 Å². The van der Waals surface area contributed by atoms with E-state index < -0.39 is 11.5 Å².